The molecule has 2 rings (SSSR count). The highest BCUT2D eigenvalue weighted by Crippen LogP contribution is 2.32. The van der Waals surface area contributed by atoms with Crippen molar-refractivity contribution in [2.24, 2.45) is 5.10 Å². The van der Waals surface area contributed by atoms with Crippen LogP contribution < -0.4 is 20.2 Å². The summed E-state index contributed by atoms with van der Waals surface area (Å²) in [5.41, 5.74) is 3.18. The van der Waals surface area contributed by atoms with Gasteiger partial charge < -0.3 is 19.9 Å². The Bertz CT molecular complexity index is 869. The van der Waals surface area contributed by atoms with Gasteiger partial charge in [0.25, 0.3) is 5.91 Å². The largest absolute Gasteiger partial charge is 0.504 e. The number of phenols is 1. The zero-order chi connectivity index (χ0) is 20.5. The fourth-order valence-corrected chi connectivity index (χ4v) is 2.67. The molecule has 2 amide bonds. The molecule has 9 heteroatoms. The SMILES string of the molecule is COc1ccc(C(=O)NCCC(=O)N/N=C/c2cc(Br)cc(OC)c2O)cc1. The van der Waals surface area contributed by atoms with Crippen LogP contribution in [0, 0.1) is 0 Å². The normalized spacial score (nSPS) is 10.5. The predicted molar refractivity (Wildman–Crippen MR) is 108 cm³/mol. The Morgan fingerprint density at radius 1 is 1.18 bits per heavy atom. The lowest BCUT2D eigenvalue weighted by atomic mass is 10.2. The lowest BCUT2D eigenvalue weighted by molar-refractivity contribution is -0.120. The van der Waals surface area contributed by atoms with Gasteiger partial charge in [-0.1, -0.05) is 15.9 Å². The van der Waals surface area contributed by atoms with E-state index in [1.807, 2.05) is 0 Å². The van der Waals surface area contributed by atoms with Crippen LogP contribution in [0.15, 0.2) is 46.0 Å². The van der Waals surface area contributed by atoms with E-state index in [-0.39, 0.29) is 36.3 Å². The van der Waals surface area contributed by atoms with Crippen LogP contribution in [-0.2, 0) is 4.79 Å². The molecule has 0 radical (unpaired) electrons. The summed E-state index contributed by atoms with van der Waals surface area (Å²) in [7, 11) is 2.98. The number of carbonyl (C=O) groups is 2. The minimum absolute atomic E-state index is 0.0486. The number of aromatic hydroxyl groups is 1. The Morgan fingerprint density at radius 3 is 2.54 bits per heavy atom. The lowest BCUT2D eigenvalue weighted by Gasteiger charge is -2.07. The summed E-state index contributed by atoms with van der Waals surface area (Å²) >= 11 is 3.30. The van der Waals surface area contributed by atoms with E-state index in [4.69, 9.17) is 9.47 Å². The number of carbonyl (C=O) groups excluding carboxylic acids is 2. The molecule has 2 aromatic rings. The summed E-state index contributed by atoms with van der Waals surface area (Å²) in [6, 6.07) is 9.87. The van der Waals surface area contributed by atoms with Crippen molar-refractivity contribution < 1.29 is 24.2 Å². The molecule has 148 valence electrons. The molecule has 0 heterocycles. The van der Waals surface area contributed by atoms with Crippen molar-refractivity contribution >= 4 is 34.0 Å². The van der Waals surface area contributed by atoms with Gasteiger partial charge in [0, 0.05) is 28.6 Å². The van der Waals surface area contributed by atoms with Crippen LogP contribution >= 0.6 is 15.9 Å². The molecular formula is C19H20BrN3O5. The van der Waals surface area contributed by atoms with Gasteiger partial charge in [0.05, 0.1) is 20.4 Å². The third-order valence-electron chi connectivity index (χ3n) is 3.67. The van der Waals surface area contributed by atoms with Gasteiger partial charge >= 0.3 is 0 Å². The lowest BCUT2D eigenvalue weighted by Crippen LogP contribution is -2.29. The number of methoxy groups -OCH3 is 2. The average Bonchev–Trinajstić information content (AvgIpc) is 2.70. The zero-order valence-corrected chi connectivity index (χ0v) is 16.9. The van der Waals surface area contributed by atoms with Gasteiger partial charge in [-0.2, -0.15) is 5.10 Å². The predicted octanol–water partition coefficient (Wildman–Crippen LogP) is 2.44. The number of ether oxygens (including phenoxy) is 2. The first kappa shape index (κ1) is 21.2. The topological polar surface area (TPSA) is 109 Å². The van der Waals surface area contributed by atoms with Gasteiger partial charge in [-0.3, -0.25) is 9.59 Å². The minimum Gasteiger partial charge on any atom is -0.504 e. The maximum Gasteiger partial charge on any atom is 0.251 e. The van der Waals surface area contributed by atoms with Crippen LogP contribution in [-0.4, -0.2) is 43.9 Å². The number of benzene rings is 2. The van der Waals surface area contributed by atoms with E-state index in [2.05, 4.69) is 31.8 Å². The molecule has 28 heavy (non-hydrogen) atoms. The molecule has 0 fully saturated rings. The van der Waals surface area contributed by atoms with E-state index in [0.29, 0.717) is 21.3 Å². The van der Waals surface area contributed by atoms with Gasteiger partial charge in [0.1, 0.15) is 5.75 Å². The highest BCUT2D eigenvalue weighted by molar-refractivity contribution is 9.10. The van der Waals surface area contributed by atoms with Crippen molar-refractivity contribution in [1.82, 2.24) is 10.7 Å². The molecule has 2 aromatic carbocycles. The molecule has 8 nitrogen and oxygen atoms in total. The van der Waals surface area contributed by atoms with Crippen LogP contribution in [0.4, 0.5) is 0 Å². The summed E-state index contributed by atoms with van der Waals surface area (Å²) in [4.78, 5) is 23.8. The Balaban J connectivity index is 1.80. The standard InChI is InChI=1S/C19H20BrN3O5/c1-27-15-5-3-12(4-6-15)19(26)21-8-7-17(24)23-22-11-13-9-14(20)10-16(28-2)18(13)25/h3-6,9-11,25H,7-8H2,1-2H3,(H,21,26)(H,23,24)/b22-11+. The monoisotopic (exact) mass is 449 g/mol. The van der Waals surface area contributed by atoms with Crippen molar-refractivity contribution in [3.8, 4) is 17.2 Å². The van der Waals surface area contributed by atoms with Gasteiger partial charge in [-0.25, -0.2) is 5.43 Å². The van der Waals surface area contributed by atoms with Crippen molar-refractivity contribution in [2.75, 3.05) is 20.8 Å². The van der Waals surface area contributed by atoms with Gasteiger partial charge in [-0.05, 0) is 36.4 Å². The third kappa shape index (κ3) is 5.98. The molecule has 0 unspecified atom stereocenters. The maximum absolute atomic E-state index is 12.0. The Morgan fingerprint density at radius 2 is 1.89 bits per heavy atom. The molecule has 0 saturated carbocycles. The molecule has 0 aliphatic heterocycles. The first-order valence-electron chi connectivity index (χ1n) is 8.25. The van der Waals surface area contributed by atoms with Crippen LogP contribution in [0.5, 0.6) is 17.2 Å². The van der Waals surface area contributed by atoms with Crippen LogP contribution in [0.25, 0.3) is 0 Å². The van der Waals surface area contributed by atoms with E-state index in [0.717, 1.165) is 0 Å². The fraction of sp³-hybridized carbons (Fsp3) is 0.211. The summed E-state index contributed by atoms with van der Waals surface area (Å²) < 4.78 is 10.8. The maximum atomic E-state index is 12.0. The molecule has 0 atom stereocenters. The first-order chi connectivity index (χ1) is 13.4. The summed E-state index contributed by atoms with van der Waals surface area (Å²) in [6.45, 7) is 0.155. The molecule has 0 aliphatic rings. The number of rotatable bonds is 8. The van der Waals surface area contributed by atoms with Crippen LogP contribution in [0.3, 0.4) is 0 Å². The highest BCUT2D eigenvalue weighted by atomic mass is 79.9. The van der Waals surface area contributed by atoms with Crippen molar-refractivity contribution in [2.45, 2.75) is 6.42 Å². The van der Waals surface area contributed by atoms with Gasteiger partial charge in [0.2, 0.25) is 5.91 Å². The minimum atomic E-state index is -0.382. The Kier molecular flexibility index (Phi) is 7.82. The second-order valence-electron chi connectivity index (χ2n) is 5.57. The number of hydrogen-bond acceptors (Lipinski definition) is 6. The van der Waals surface area contributed by atoms with E-state index >= 15 is 0 Å². The summed E-state index contributed by atoms with van der Waals surface area (Å²) in [6.07, 6.45) is 1.35. The molecule has 0 bridgehead atoms. The van der Waals surface area contributed by atoms with Crippen molar-refractivity contribution in [3.05, 3.63) is 52.0 Å². The molecule has 0 aromatic heterocycles. The average molecular weight is 450 g/mol. The number of phenolic OH excluding ortho intramolecular Hbond substituents is 1. The Hall–Kier alpha value is -3.07. The molecule has 0 saturated heterocycles. The van der Waals surface area contributed by atoms with E-state index in [1.165, 1.54) is 13.3 Å². The van der Waals surface area contributed by atoms with Crippen LogP contribution in [0.2, 0.25) is 0 Å². The third-order valence-corrected chi connectivity index (χ3v) is 4.13. The number of nitrogens with one attached hydrogen (secondary N) is 2. The van der Waals surface area contributed by atoms with Gasteiger partial charge in [-0.15, -0.1) is 0 Å². The Labute approximate surface area is 170 Å². The number of amides is 2. The summed E-state index contributed by atoms with van der Waals surface area (Å²) in [5, 5.41) is 16.5. The number of halogens is 1. The molecule has 0 aliphatic carbocycles. The molecule has 0 spiro atoms. The number of hydrazone groups is 1. The van der Waals surface area contributed by atoms with E-state index in [1.54, 1.807) is 43.5 Å². The van der Waals surface area contributed by atoms with E-state index < -0.39 is 0 Å². The molecule has 3 N–H and O–H groups in total. The smallest absolute Gasteiger partial charge is 0.251 e. The van der Waals surface area contributed by atoms with Crippen molar-refractivity contribution in [1.29, 1.82) is 0 Å². The van der Waals surface area contributed by atoms with Crippen LogP contribution in [0.1, 0.15) is 22.3 Å². The highest BCUT2D eigenvalue weighted by Gasteiger charge is 2.09. The summed E-state index contributed by atoms with van der Waals surface area (Å²) in [5.74, 6) is 0.180. The number of nitrogens with zero attached hydrogens (tertiary/aromatic N) is 1. The fourth-order valence-electron chi connectivity index (χ4n) is 2.21. The first-order valence-corrected chi connectivity index (χ1v) is 9.04. The quantitative estimate of drug-likeness (QED) is 0.423. The second-order valence-corrected chi connectivity index (χ2v) is 6.49. The second kappa shape index (κ2) is 10.3. The number of hydrogen-bond donors (Lipinski definition) is 3. The van der Waals surface area contributed by atoms with E-state index in [9.17, 15) is 14.7 Å². The zero-order valence-electron chi connectivity index (χ0n) is 15.4. The molecular weight excluding hydrogens is 430 g/mol. The van der Waals surface area contributed by atoms with Gasteiger partial charge in [0.15, 0.2) is 11.5 Å². The van der Waals surface area contributed by atoms with Crippen molar-refractivity contribution in [3.63, 3.8) is 0 Å².